The summed E-state index contributed by atoms with van der Waals surface area (Å²) >= 11 is 0. The molecule has 0 fully saturated rings. The first-order valence-corrected chi connectivity index (χ1v) is 4.70. The fourth-order valence-corrected chi connectivity index (χ4v) is 1.79. The lowest BCUT2D eigenvalue weighted by Gasteiger charge is -2.29. The van der Waals surface area contributed by atoms with Gasteiger partial charge >= 0.3 is 0 Å². The number of anilines is 1. The SMILES string of the molecule is C=CCN1CC[CH]c2ccccc21. The molecule has 0 amide bonds. The minimum Gasteiger partial charge on any atom is -0.368 e. The molecule has 1 heterocycles. The van der Waals surface area contributed by atoms with Gasteiger partial charge < -0.3 is 4.90 Å². The van der Waals surface area contributed by atoms with Crippen molar-refractivity contribution in [3.8, 4) is 0 Å². The van der Waals surface area contributed by atoms with Crippen molar-refractivity contribution in [2.75, 3.05) is 18.0 Å². The standard InChI is InChI=1S/C12H14N/c1-2-9-13-10-5-7-11-6-3-4-8-12(11)13/h2-4,6-8H,1,5,9-10H2. The predicted octanol–water partition coefficient (Wildman–Crippen LogP) is 2.64. The van der Waals surface area contributed by atoms with Crippen LogP contribution in [0.4, 0.5) is 5.69 Å². The highest BCUT2D eigenvalue weighted by molar-refractivity contribution is 5.59. The van der Waals surface area contributed by atoms with Crippen LogP contribution in [0.5, 0.6) is 0 Å². The monoisotopic (exact) mass is 172 g/mol. The van der Waals surface area contributed by atoms with E-state index in [4.69, 9.17) is 0 Å². The van der Waals surface area contributed by atoms with Gasteiger partial charge in [0.2, 0.25) is 0 Å². The Labute approximate surface area is 79.7 Å². The molecule has 1 aromatic rings. The minimum atomic E-state index is 0.949. The van der Waals surface area contributed by atoms with Gasteiger partial charge in [-0.1, -0.05) is 24.3 Å². The average molecular weight is 172 g/mol. The van der Waals surface area contributed by atoms with Crippen LogP contribution in [0.2, 0.25) is 0 Å². The van der Waals surface area contributed by atoms with Gasteiger partial charge in [0.25, 0.3) is 0 Å². The minimum absolute atomic E-state index is 0.949. The summed E-state index contributed by atoms with van der Waals surface area (Å²) in [5, 5.41) is 0. The molecule has 0 bridgehead atoms. The van der Waals surface area contributed by atoms with Crippen LogP contribution < -0.4 is 4.90 Å². The van der Waals surface area contributed by atoms with Crippen molar-refractivity contribution >= 4 is 5.69 Å². The van der Waals surface area contributed by atoms with E-state index in [1.165, 1.54) is 11.3 Å². The number of hydrogen-bond acceptors (Lipinski definition) is 1. The molecule has 1 nitrogen and oxygen atoms in total. The first kappa shape index (κ1) is 8.36. The quantitative estimate of drug-likeness (QED) is 0.620. The third-order valence-electron chi connectivity index (χ3n) is 2.39. The third-order valence-corrected chi connectivity index (χ3v) is 2.39. The summed E-state index contributed by atoms with van der Waals surface area (Å²) in [6, 6.07) is 8.53. The van der Waals surface area contributed by atoms with E-state index in [1.54, 1.807) is 0 Å². The van der Waals surface area contributed by atoms with Crippen LogP contribution in [0.1, 0.15) is 12.0 Å². The fraction of sp³-hybridized carbons (Fsp3) is 0.250. The summed E-state index contributed by atoms with van der Waals surface area (Å²) in [5.41, 5.74) is 2.70. The van der Waals surface area contributed by atoms with Gasteiger partial charge in [-0.15, -0.1) is 6.58 Å². The Morgan fingerprint density at radius 3 is 3.08 bits per heavy atom. The van der Waals surface area contributed by atoms with E-state index in [0.29, 0.717) is 0 Å². The molecule has 1 heteroatoms. The van der Waals surface area contributed by atoms with E-state index in [2.05, 4.69) is 42.2 Å². The second-order valence-electron chi connectivity index (χ2n) is 3.29. The van der Waals surface area contributed by atoms with Crippen LogP contribution in [-0.4, -0.2) is 13.1 Å². The molecular formula is C12H14N. The van der Waals surface area contributed by atoms with Crippen LogP contribution in [0.15, 0.2) is 36.9 Å². The Balaban J connectivity index is 2.31. The highest BCUT2D eigenvalue weighted by atomic mass is 15.1. The van der Waals surface area contributed by atoms with Crippen molar-refractivity contribution in [1.82, 2.24) is 0 Å². The Hall–Kier alpha value is -1.24. The normalized spacial score (nSPS) is 15.2. The number of nitrogens with zero attached hydrogens (tertiary/aromatic N) is 1. The molecular weight excluding hydrogens is 158 g/mol. The van der Waals surface area contributed by atoms with E-state index in [9.17, 15) is 0 Å². The molecule has 67 valence electrons. The molecule has 0 unspecified atom stereocenters. The molecule has 0 atom stereocenters. The lowest BCUT2D eigenvalue weighted by molar-refractivity contribution is 0.801. The Morgan fingerprint density at radius 1 is 1.38 bits per heavy atom. The lowest BCUT2D eigenvalue weighted by Crippen LogP contribution is -2.28. The molecule has 1 radical (unpaired) electrons. The summed E-state index contributed by atoms with van der Waals surface area (Å²) in [5.74, 6) is 0. The van der Waals surface area contributed by atoms with Crippen LogP contribution >= 0.6 is 0 Å². The molecule has 0 aromatic heterocycles. The maximum absolute atomic E-state index is 3.78. The average Bonchev–Trinajstić information content (AvgIpc) is 2.19. The highest BCUT2D eigenvalue weighted by Gasteiger charge is 2.14. The van der Waals surface area contributed by atoms with E-state index in [1.807, 2.05) is 6.08 Å². The van der Waals surface area contributed by atoms with E-state index < -0.39 is 0 Å². The van der Waals surface area contributed by atoms with Crippen molar-refractivity contribution in [3.05, 3.63) is 48.9 Å². The number of benzene rings is 1. The molecule has 13 heavy (non-hydrogen) atoms. The predicted molar refractivity (Wildman–Crippen MR) is 56.9 cm³/mol. The summed E-state index contributed by atoms with van der Waals surface area (Å²) in [6.07, 6.45) is 5.40. The van der Waals surface area contributed by atoms with Gasteiger partial charge in [0.05, 0.1) is 0 Å². The largest absolute Gasteiger partial charge is 0.368 e. The van der Waals surface area contributed by atoms with Crippen molar-refractivity contribution in [3.63, 3.8) is 0 Å². The van der Waals surface area contributed by atoms with Gasteiger partial charge in [-0.3, -0.25) is 0 Å². The molecule has 1 aliphatic heterocycles. The second-order valence-corrected chi connectivity index (χ2v) is 3.29. The topological polar surface area (TPSA) is 3.24 Å². The van der Waals surface area contributed by atoms with Gasteiger partial charge in [0.1, 0.15) is 0 Å². The zero-order valence-corrected chi connectivity index (χ0v) is 7.74. The van der Waals surface area contributed by atoms with Crippen LogP contribution in [-0.2, 0) is 0 Å². The molecule has 0 aliphatic carbocycles. The molecule has 0 N–H and O–H groups in total. The summed E-state index contributed by atoms with van der Waals surface area (Å²) in [4.78, 5) is 2.36. The second kappa shape index (κ2) is 3.65. The van der Waals surface area contributed by atoms with E-state index in [0.717, 1.165) is 19.5 Å². The molecule has 0 spiro atoms. The molecule has 0 saturated carbocycles. The van der Waals surface area contributed by atoms with Gasteiger partial charge in [-0.2, -0.15) is 0 Å². The van der Waals surface area contributed by atoms with E-state index in [-0.39, 0.29) is 0 Å². The van der Waals surface area contributed by atoms with Gasteiger partial charge in [0, 0.05) is 18.8 Å². The first-order valence-electron chi connectivity index (χ1n) is 4.70. The number of rotatable bonds is 2. The first-order chi connectivity index (χ1) is 6.42. The zero-order valence-electron chi connectivity index (χ0n) is 7.74. The highest BCUT2D eigenvalue weighted by Crippen LogP contribution is 2.27. The third kappa shape index (κ3) is 1.59. The Kier molecular flexibility index (Phi) is 2.35. The van der Waals surface area contributed by atoms with Gasteiger partial charge in [-0.25, -0.2) is 0 Å². The summed E-state index contributed by atoms with van der Waals surface area (Å²) < 4.78 is 0. The van der Waals surface area contributed by atoms with E-state index >= 15 is 0 Å². The maximum atomic E-state index is 3.78. The summed E-state index contributed by atoms with van der Waals surface area (Å²) in [7, 11) is 0. The Morgan fingerprint density at radius 2 is 2.23 bits per heavy atom. The van der Waals surface area contributed by atoms with Crippen molar-refractivity contribution < 1.29 is 0 Å². The zero-order chi connectivity index (χ0) is 9.10. The lowest BCUT2D eigenvalue weighted by atomic mass is 10.0. The molecule has 0 saturated heterocycles. The van der Waals surface area contributed by atoms with Gasteiger partial charge in [0.15, 0.2) is 0 Å². The molecule has 1 aliphatic rings. The number of para-hydroxylation sites is 1. The number of fused-ring (bicyclic) bond motifs is 1. The fourth-order valence-electron chi connectivity index (χ4n) is 1.79. The number of hydrogen-bond donors (Lipinski definition) is 0. The molecule has 2 rings (SSSR count). The maximum Gasteiger partial charge on any atom is 0.0404 e. The Bertz CT molecular complexity index is 304. The van der Waals surface area contributed by atoms with Crippen molar-refractivity contribution in [2.45, 2.75) is 6.42 Å². The smallest absolute Gasteiger partial charge is 0.0404 e. The van der Waals surface area contributed by atoms with Gasteiger partial charge in [-0.05, 0) is 24.5 Å². The molecule has 1 aromatic carbocycles. The summed E-state index contributed by atoms with van der Waals surface area (Å²) in [6.45, 7) is 5.84. The van der Waals surface area contributed by atoms with Crippen molar-refractivity contribution in [1.29, 1.82) is 0 Å². The van der Waals surface area contributed by atoms with Crippen LogP contribution in [0.3, 0.4) is 0 Å². The van der Waals surface area contributed by atoms with Crippen LogP contribution in [0, 0.1) is 6.42 Å². The van der Waals surface area contributed by atoms with Crippen molar-refractivity contribution in [2.24, 2.45) is 0 Å². The van der Waals surface area contributed by atoms with Crippen LogP contribution in [0.25, 0.3) is 0 Å².